The van der Waals surface area contributed by atoms with Crippen molar-refractivity contribution in [3.05, 3.63) is 23.8 Å². The molecule has 0 radical (unpaired) electrons. The number of nitrogens with one attached hydrogen (secondary N) is 1. The van der Waals surface area contributed by atoms with Crippen LogP contribution in [-0.4, -0.2) is 37.9 Å². The largest absolute Gasteiger partial charge is 0.496 e. The average Bonchev–Trinajstić information content (AvgIpc) is 2.72. The lowest BCUT2D eigenvalue weighted by Crippen LogP contribution is -2.41. The summed E-state index contributed by atoms with van der Waals surface area (Å²) < 4.78 is 17.5. The molecule has 24 heavy (non-hydrogen) atoms. The minimum atomic E-state index is -0.475. The molecule has 6 heteroatoms. The van der Waals surface area contributed by atoms with Crippen LogP contribution >= 0.6 is 0 Å². The van der Waals surface area contributed by atoms with Crippen molar-refractivity contribution in [2.75, 3.05) is 13.7 Å². The van der Waals surface area contributed by atoms with E-state index in [0.717, 1.165) is 5.46 Å². The van der Waals surface area contributed by atoms with E-state index >= 15 is 0 Å². The van der Waals surface area contributed by atoms with E-state index in [4.69, 9.17) is 14.0 Å². The van der Waals surface area contributed by atoms with Crippen LogP contribution in [0, 0.1) is 5.92 Å². The molecular weight excluding hydrogens is 305 g/mol. The van der Waals surface area contributed by atoms with Crippen molar-refractivity contribution in [1.82, 2.24) is 5.32 Å². The lowest BCUT2D eigenvalue weighted by atomic mass is 9.78. The molecular formula is C18H28BNO4. The average molecular weight is 333 g/mol. The summed E-state index contributed by atoms with van der Waals surface area (Å²) in [6.45, 7) is 12.8. The lowest BCUT2D eigenvalue weighted by molar-refractivity contribution is 0.00578. The molecule has 132 valence electrons. The molecule has 5 nitrogen and oxygen atoms in total. The highest BCUT2D eigenvalue weighted by atomic mass is 16.7. The van der Waals surface area contributed by atoms with E-state index in [1.54, 1.807) is 13.2 Å². The molecule has 1 heterocycles. The van der Waals surface area contributed by atoms with E-state index in [1.165, 1.54) is 0 Å². The maximum absolute atomic E-state index is 12.3. The number of hydrogen-bond acceptors (Lipinski definition) is 4. The quantitative estimate of drug-likeness (QED) is 0.841. The van der Waals surface area contributed by atoms with Crippen LogP contribution < -0.4 is 15.5 Å². The maximum atomic E-state index is 12.3. The molecule has 1 N–H and O–H groups in total. The van der Waals surface area contributed by atoms with Gasteiger partial charge in [-0.2, -0.15) is 0 Å². The molecule has 0 spiro atoms. The van der Waals surface area contributed by atoms with E-state index < -0.39 is 18.3 Å². The van der Waals surface area contributed by atoms with Crippen molar-refractivity contribution in [1.29, 1.82) is 0 Å². The summed E-state index contributed by atoms with van der Waals surface area (Å²) in [5, 5.41) is 2.91. The van der Waals surface area contributed by atoms with Gasteiger partial charge in [0, 0.05) is 6.54 Å². The van der Waals surface area contributed by atoms with Gasteiger partial charge in [0.15, 0.2) is 0 Å². The van der Waals surface area contributed by atoms with Gasteiger partial charge in [0.2, 0.25) is 0 Å². The first kappa shape index (κ1) is 18.8. The van der Waals surface area contributed by atoms with Crippen molar-refractivity contribution in [2.45, 2.75) is 52.7 Å². The molecule has 1 amide bonds. The van der Waals surface area contributed by atoms with E-state index in [0.29, 0.717) is 23.8 Å². The van der Waals surface area contributed by atoms with E-state index in [9.17, 15) is 4.79 Å². The van der Waals surface area contributed by atoms with Gasteiger partial charge < -0.3 is 19.4 Å². The molecule has 0 aromatic heterocycles. The molecule has 0 unspecified atom stereocenters. The second kappa shape index (κ2) is 6.77. The second-order valence-electron chi connectivity index (χ2n) is 7.65. The van der Waals surface area contributed by atoms with Crippen LogP contribution in [0.1, 0.15) is 51.9 Å². The van der Waals surface area contributed by atoms with Crippen molar-refractivity contribution < 1.29 is 18.8 Å². The highest BCUT2D eigenvalue weighted by Crippen LogP contribution is 2.36. The van der Waals surface area contributed by atoms with Crippen LogP contribution in [0.4, 0.5) is 0 Å². The van der Waals surface area contributed by atoms with Crippen LogP contribution in [0.25, 0.3) is 0 Å². The summed E-state index contributed by atoms with van der Waals surface area (Å²) >= 11 is 0. The summed E-state index contributed by atoms with van der Waals surface area (Å²) in [6, 6.07) is 5.43. The van der Waals surface area contributed by atoms with Gasteiger partial charge in [-0.15, -0.1) is 0 Å². The number of carbonyl (C=O) groups is 1. The fraction of sp³-hybridized carbons (Fsp3) is 0.611. The van der Waals surface area contributed by atoms with E-state index in [1.807, 2.05) is 39.8 Å². The Labute approximate surface area is 145 Å². The van der Waals surface area contributed by atoms with Crippen LogP contribution in [-0.2, 0) is 9.31 Å². The van der Waals surface area contributed by atoms with E-state index in [2.05, 4.69) is 19.2 Å². The Hall–Kier alpha value is -1.53. The zero-order chi connectivity index (χ0) is 18.1. The first-order chi connectivity index (χ1) is 11.1. The summed E-state index contributed by atoms with van der Waals surface area (Å²) in [5.74, 6) is 0.772. The predicted octanol–water partition coefficient (Wildman–Crippen LogP) is 2.38. The van der Waals surface area contributed by atoms with Gasteiger partial charge in [0.1, 0.15) is 5.75 Å². The predicted molar refractivity (Wildman–Crippen MR) is 95.9 cm³/mol. The number of amides is 1. The van der Waals surface area contributed by atoms with Gasteiger partial charge in [-0.3, -0.25) is 4.79 Å². The van der Waals surface area contributed by atoms with Gasteiger partial charge in [-0.25, -0.2) is 0 Å². The number of rotatable bonds is 5. The van der Waals surface area contributed by atoms with Crippen molar-refractivity contribution in [3.63, 3.8) is 0 Å². The number of ether oxygens (including phenoxy) is 1. The Morgan fingerprint density at radius 2 is 1.79 bits per heavy atom. The molecule has 1 aliphatic heterocycles. The van der Waals surface area contributed by atoms with Crippen LogP contribution in [0.2, 0.25) is 0 Å². The molecule has 1 saturated heterocycles. The minimum Gasteiger partial charge on any atom is -0.496 e. The molecule has 0 aliphatic carbocycles. The minimum absolute atomic E-state index is 0.138. The molecule has 0 saturated carbocycles. The first-order valence-corrected chi connectivity index (χ1v) is 8.39. The SMILES string of the molecule is COc1cc(B2OC(C)(C)C(C)(C)O2)ccc1C(=O)NCC(C)C. The highest BCUT2D eigenvalue weighted by Gasteiger charge is 2.51. The molecule has 0 bridgehead atoms. The van der Waals surface area contributed by atoms with Crippen LogP contribution in [0.3, 0.4) is 0 Å². The fourth-order valence-corrected chi connectivity index (χ4v) is 2.41. The first-order valence-electron chi connectivity index (χ1n) is 8.39. The van der Waals surface area contributed by atoms with Gasteiger partial charge >= 0.3 is 7.12 Å². The number of carbonyl (C=O) groups excluding carboxylic acids is 1. The fourth-order valence-electron chi connectivity index (χ4n) is 2.41. The Morgan fingerprint density at radius 3 is 2.29 bits per heavy atom. The summed E-state index contributed by atoms with van der Waals surface area (Å²) in [5.41, 5.74) is 0.542. The van der Waals surface area contributed by atoms with Gasteiger partial charge in [0.05, 0.1) is 23.9 Å². The van der Waals surface area contributed by atoms with Crippen molar-refractivity contribution >= 4 is 18.5 Å². The molecule has 1 aromatic rings. The molecule has 2 rings (SSSR count). The normalized spacial score (nSPS) is 18.8. The van der Waals surface area contributed by atoms with Gasteiger partial charge in [-0.05, 0) is 51.2 Å². The number of methoxy groups -OCH3 is 1. The smallest absolute Gasteiger partial charge is 0.494 e. The Morgan fingerprint density at radius 1 is 1.21 bits per heavy atom. The summed E-state index contributed by atoms with van der Waals surface area (Å²) in [4.78, 5) is 12.3. The molecule has 1 fully saturated rings. The monoisotopic (exact) mass is 333 g/mol. The Balaban J connectivity index is 2.22. The third-order valence-electron chi connectivity index (χ3n) is 4.67. The zero-order valence-corrected chi connectivity index (χ0v) is 15.7. The third kappa shape index (κ3) is 3.76. The molecule has 1 aliphatic rings. The Bertz CT molecular complexity index is 597. The third-order valence-corrected chi connectivity index (χ3v) is 4.67. The van der Waals surface area contributed by atoms with Crippen LogP contribution in [0.15, 0.2) is 18.2 Å². The zero-order valence-electron chi connectivity index (χ0n) is 15.7. The van der Waals surface area contributed by atoms with E-state index in [-0.39, 0.29) is 5.91 Å². The maximum Gasteiger partial charge on any atom is 0.494 e. The summed E-state index contributed by atoms with van der Waals surface area (Å²) in [6.07, 6.45) is 0. The Kier molecular flexibility index (Phi) is 5.30. The standard InChI is InChI=1S/C18H28BNO4/c1-12(2)11-20-16(21)14-9-8-13(10-15(14)22-7)19-23-17(3,4)18(5,6)24-19/h8-10,12H,11H2,1-7H3,(H,20,21). The van der Waals surface area contributed by atoms with Crippen molar-refractivity contribution in [3.8, 4) is 5.75 Å². The van der Waals surface area contributed by atoms with Crippen molar-refractivity contribution in [2.24, 2.45) is 5.92 Å². The second-order valence-corrected chi connectivity index (χ2v) is 7.65. The molecule has 1 aromatic carbocycles. The van der Waals surface area contributed by atoms with Gasteiger partial charge in [-0.1, -0.05) is 19.9 Å². The lowest BCUT2D eigenvalue weighted by Gasteiger charge is -2.32. The highest BCUT2D eigenvalue weighted by molar-refractivity contribution is 6.62. The number of benzene rings is 1. The molecule has 0 atom stereocenters. The number of hydrogen-bond donors (Lipinski definition) is 1. The van der Waals surface area contributed by atoms with Crippen LogP contribution in [0.5, 0.6) is 5.75 Å². The van der Waals surface area contributed by atoms with Gasteiger partial charge in [0.25, 0.3) is 5.91 Å². The topological polar surface area (TPSA) is 56.8 Å². The summed E-state index contributed by atoms with van der Waals surface area (Å²) in [7, 11) is 1.08.